The Morgan fingerprint density at radius 3 is 2.85 bits per heavy atom. The highest BCUT2D eigenvalue weighted by atomic mass is 35.5. The number of rotatable bonds is 6. The van der Waals surface area contributed by atoms with Gasteiger partial charge in [-0.3, -0.25) is 24.0 Å². The molecule has 34 heavy (non-hydrogen) atoms. The molecule has 1 aliphatic carbocycles. The highest BCUT2D eigenvalue weighted by molar-refractivity contribution is 6.30. The maximum Gasteiger partial charge on any atom is 0.269 e. The number of aromatic nitrogens is 3. The Balaban J connectivity index is 1.34. The second kappa shape index (κ2) is 8.35. The summed E-state index contributed by atoms with van der Waals surface area (Å²) in [5.74, 6) is -1.65. The Hall–Kier alpha value is -3.53. The lowest BCUT2D eigenvalue weighted by molar-refractivity contribution is -0.140. The number of primary amides is 1. The minimum atomic E-state index is -0.712. The number of nitrogens with zero attached hydrogens (tertiary/aromatic N) is 4. The molecule has 0 radical (unpaired) electrons. The van der Waals surface area contributed by atoms with Gasteiger partial charge in [-0.2, -0.15) is 5.10 Å². The van der Waals surface area contributed by atoms with Crippen LogP contribution in [0.1, 0.15) is 34.6 Å². The first-order valence-electron chi connectivity index (χ1n) is 10.9. The fraction of sp³-hybridized carbons (Fsp3) is 0.348. The van der Waals surface area contributed by atoms with E-state index in [1.54, 1.807) is 30.0 Å². The van der Waals surface area contributed by atoms with E-state index in [4.69, 9.17) is 17.3 Å². The number of aryl methyl sites for hydroxylation is 1. The van der Waals surface area contributed by atoms with E-state index in [9.17, 15) is 18.8 Å². The molecule has 3 aromatic rings. The Kier molecular flexibility index (Phi) is 5.47. The number of nitrogens with two attached hydrogens (primary N) is 1. The van der Waals surface area contributed by atoms with Gasteiger partial charge in [-0.15, -0.1) is 0 Å². The summed E-state index contributed by atoms with van der Waals surface area (Å²) in [5, 5.41) is 7.43. The molecule has 0 unspecified atom stereocenters. The van der Waals surface area contributed by atoms with Gasteiger partial charge in [0.15, 0.2) is 5.69 Å². The molecule has 0 bridgehead atoms. The fourth-order valence-electron chi connectivity index (χ4n) is 4.72. The predicted molar refractivity (Wildman–Crippen MR) is 121 cm³/mol. The molecule has 0 spiro atoms. The smallest absolute Gasteiger partial charge is 0.269 e. The van der Waals surface area contributed by atoms with Crippen LogP contribution in [0.25, 0.3) is 10.9 Å². The van der Waals surface area contributed by atoms with Gasteiger partial charge in [-0.1, -0.05) is 23.7 Å². The molecular formula is C23H22ClFN6O3. The normalized spacial score (nSPS) is 20.9. The molecule has 5 rings (SSSR count). The van der Waals surface area contributed by atoms with Crippen LogP contribution >= 0.6 is 11.6 Å². The minimum Gasteiger partial charge on any atom is -0.364 e. The SMILES string of the molecule is Cc1cc2c(cn1)c(C(N)=O)nn2CC(=O)N1[C@@H]2C[C@@H]2C[C@H]1C(=O)NCc1cccc(Cl)c1F. The van der Waals surface area contributed by atoms with Crippen molar-refractivity contribution < 1.29 is 18.8 Å². The molecular weight excluding hydrogens is 463 g/mol. The number of nitrogens with one attached hydrogen (secondary N) is 1. The van der Waals surface area contributed by atoms with Crippen LogP contribution < -0.4 is 11.1 Å². The Morgan fingerprint density at radius 1 is 1.29 bits per heavy atom. The summed E-state index contributed by atoms with van der Waals surface area (Å²) >= 11 is 5.81. The van der Waals surface area contributed by atoms with Crippen molar-refractivity contribution in [2.75, 3.05) is 0 Å². The third-order valence-electron chi connectivity index (χ3n) is 6.47. The number of piperidine rings is 1. The summed E-state index contributed by atoms with van der Waals surface area (Å²) in [5.41, 5.74) is 7.03. The molecule has 9 nitrogen and oxygen atoms in total. The van der Waals surface area contributed by atoms with Gasteiger partial charge in [-0.25, -0.2) is 4.39 Å². The van der Waals surface area contributed by atoms with E-state index in [0.29, 0.717) is 23.0 Å². The minimum absolute atomic E-state index is 0.00741. The molecule has 1 aliphatic heterocycles. The summed E-state index contributed by atoms with van der Waals surface area (Å²) in [6, 6.07) is 5.67. The lowest BCUT2D eigenvalue weighted by atomic mass is 10.1. The van der Waals surface area contributed by atoms with Crippen LogP contribution in [0.5, 0.6) is 0 Å². The largest absolute Gasteiger partial charge is 0.364 e. The molecule has 2 aromatic heterocycles. The van der Waals surface area contributed by atoms with Gasteiger partial charge in [-0.05, 0) is 37.8 Å². The second-order valence-electron chi connectivity index (χ2n) is 8.76. The van der Waals surface area contributed by atoms with Crippen molar-refractivity contribution in [2.24, 2.45) is 11.7 Å². The van der Waals surface area contributed by atoms with Crippen molar-refractivity contribution >= 4 is 40.2 Å². The highest BCUT2D eigenvalue weighted by Gasteiger charge is 2.56. The number of amides is 3. The van der Waals surface area contributed by atoms with Gasteiger partial charge < -0.3 is 16.0 Å². The van der Waals surface area contributed by atoms with Crippen LogP contribution in [0.15, 0.2) is 30.5 Å². The number of pyridine rings is 1. The molecule has 3 atom stereocenters. The Bertz CT molecular complexity index is 1340. The van der Waals surface area contributed by atoms with Crippen LogP contribution in [0, 0.1) is 18.7 Å². The number of hydrogen-bond acceptors (Lipinski definition) is 5. The molecule has 3 heterocycles. The van der Waals surface area contributed by atoms with Crippen LogP contribution in [-0.2, 0) is 22.7 Å². The van der Waals surface area contributed by atoms with Crippen LogP contribution in [0.4, 0.5) is 4.39 Å². The maximum atomic E-state index is 14.2. The molecule has 1 saturated carbocycles. The van der Waals surface area contributed by atoms with E-state index in [0.717, 1.165) is 6.42 Å². The first kappa shape index (κ1) is 22.3. The molecule has 176 valence electrons. The van der Waals surface area contributed by atoms with Crippen LogP contribution in [0.3, 0.4) is 0 Å². The van der Waals surface area contributed by atoms with Gasteiger partial charge >= 0.3 is 0 Å². The van der Waals surface area contributed by atoms with Crippen LogP contribution in [-0.4, -0.2) is 49.5 Å². The van der Waals surface area contributed by atoms with E-state index < -0.39 is 17.8 Å². The molecule has 2 fully saturated rings. The quantitative estimate of drug-likeness (QED) is 0.553. The van der Waals surface area contributed by atoms with Gasteiger partial charge in [0.25, 0.3) is 5.91 Å². The van der Waals surface area contributed by atoms with Crippen molar-refractivity contribution in [3.05, 3.63) is 58.3 Å². The summed E-state index contributed by atoms with van der Waals surface area (Å²) in [7, 11) is 0. The van der Waals surface area contributed by atoms with Gasteiger partial charge in [0.05, 0.1) is 15.9 Å². The molecule has 1 aromatic carbocycles. The van der Waals surface area contributed by atoms with Gasteiger partial charge in [0, 0.05) is 30.0 Å². The summed E-state index contributed by atoms with van der Waals surface area (Å²) in [6.07, 6.45) is 2.90. The second-order valence-corrected chi connectivity index (χ2v) is 9.17. The monoisotopic (exact) mass is 484 g/mol. The number of carbonyl (C=O) groups is 3. The fourth-order valence-corrected chi connectivity index (χ4v) is 4.91. The van der Waals surface area contributed by atoms with E-state index >= 15 is 0 Å². The predicted octanol–water partition coefficient (Wildman–Crippen LogP) is 1.94. The third kappa shape index (κ3) is 3.87. The van der Waals surface area contributed by atoms with Crippen molar-refractivity contribution in [2.45, 2.75) is 44.9 Å². The van der Waals surface area contributed by atoms with E-state index in [1.165, 1.54) is 16.9 Å². The van der Waals surface area contributed by atoms with Crippen molar-refractivity contribution in [3.63, 3.8) is 0 Å². The number of likely N-dealkylation sites (tertiary alicyclic amines) is 1. The van der Waals surface area contributed by atoms with Crippen molar-refractivity contribution in [3.8, 4) is 0 Å². The van der Waals surface area contributed by atoms with Gasteiger partial charge in [0.2, 0.25) is 11.8 Å². The third-order valence-corrected chi connectivity index (χ3v) is 6.76. The average molecular weight is 485 g/mol. The standard InChI is InChI=1S/C23H22ClFN6O3/c1-11-5-17-14(9-27-11)21(22(26)33)29-30(17)10-19(32)31-16-6-13(16)7-18(31)23(34)28-8-12-3-2-4-15(24)20(12)25/h2-5,9,13,16,18H,6-8,10H2,1H3,(H2,26,33)(H,28,34)/t13-,16-,18+/m1/s1. The summed E-state index contributed by atoms with van der Waals surface area (Å²) in [6.45, 7) is 1.61. The molecule has 2 aliphatic rings. The zero-order valence-electron chi connectivity index (χ0n) is 18.3. The Morgan fingerprint density at radius 2 is 2.09 bits per heavy atom. The van der Waals surface area contributed by atoms with Crippen molar-refractivity contribution in [1.82, 2.24) is 25.0 Å². The lowest BCUT2D eigenvalue weighted by Crippen LogP contribution is -2.48. The van der Waals surface area contributed by atoms with E-state index in [-0.39, 0.29) is 53.1 Å². The average Bonchev–Trinajstić information content (AvgIpc) is 3.31. The molecule has 3 N–H and O–H groups in total. The lowest BCUT2D eigenvalue weighted by Gasteiger charge is -2.27. The summed E-state index contributed by atoms with van der Waals surface area (Å²) < 4.78 is 15.6. The number of hydrogen-bond donors (Lipinski definition) is 2. The molecule has 3 amide bonds. The maximum absolute atomic E-state index is 14.2. The number of benzene rings is 1. The number of fused-ring (bicyclic) bond motifs is 2. The zero-order chi connectivity index (χ0) is 24.1. The van der Waals surface area contributed by atoms with Crippen LogP contribution in [0.2, 0.25) is 5.02 Å². The highest BCUT2D eigenvalue weighted by Crippen LogP contribution is 2.48. The zero-order valence-corrected chi connectivity index (χ0v) is 19.1. The van der Waals surface area contributed by atoms with E-state index in [1.807, 2.05) is 0 Å². The first-order chi connectivity index (χ1) is 16.2. The van der Waals surface area contributed by atoms with Crippen molar-refractivity contribution in [1.29, 1.82) is 0 Å². The summed E-state index contributed by atoms with van der Waals surface area (Å²) in [4.78, 5) is 43.9. The topological polar surface area (TPSA) is 123 Å². The Labute approximate surface area is 199 Å². The number of carbonyl (C=O) groups excluding carboxylic acids is 3. The molecule has 1 saturated heterocycles. The van der Waals surface area contributed by atoms with E-state index in [2.05, 4.69) is 15.4 Å². The number of halogens is 2. The van der Waals surface area contributed by atoms with Gasteiger partial charge in [0.1, 0.15) is 18.4 Å². The molecule has 11 heteroatoms. The first-order valence-corrected chi connectivity index (χ1v) is 11.3.